The average Bonchev–Trinajstić information content (AvgIpc) is 2.89. The number of rotatable bonds is 3. The first-order valence-corrected chi connectivity index (χ1v) is 8.34. The molecule has 1 aromatic carbocycles. The largest absolute Gasteiger partial charge is 0.344 e. The maximum Gasteiger partial charge on any atom is 0.265 e. The molecule has 2 amide bonds. The number of fused-ring (bicyclic) bond motifs is 1. The van der Waals surface area contributed by atoms with Crippen molar-refractivity contribution in [3.05, 3.63) is 41.6 Å². The number of hydrogen-bond acceptors (Lipinski definition) is 3. The molecule has 1 saturated heterocycles. The number of para-hydroxylation sites is 1. The van der Waals surface area contributed by atoms with Gasteiger partial charge in [-0.05, 0) is 44.3 Å². The molecule has 6 heteroatoms. The van der Waals surface area contributed by atoms with Crippen LogP contribution in [-0.2, 0) is 16.6 Å². The zero-order valence-corrected chi connectivity index (χ0v) is 14.8. The Balaban J connectivity index is 2.12. The van der Waals surface area contributed by atoms with Gasteiger partial charge >= 0.3 is 0 Å². The molecule has 0 saturated carbocycles. The van der Waals surface area contributed by atoms with Crippen LogP contribution in [0.2, 0.25) is 0 Å². The lowest BCUT2D eigenvalue weighted by Gasteiger charge is -2.35. The van der Waals surface area contributed by atoms with Gasteiger partial charge in [-0.15, -0.1) is 0 Å². The van der Waals surface area contributed by atoms with Crippen LogP contribution in [0.1, 0.15) is 19.5 Å². The molecular weight excluding hydrogens is 322 g/mol. The highest BCUT2D eigenvalue weighted by Crippen LogP contribution is 2.24. The van der Waals surface area contributed by atoms with Gasteiger partial charge in [0.15, 0.2) is 5.11 Å². The van der Waals surface area contributed by atoms with Gasteiger partial charge in [-0.25, -0.2) is 0 Å². The van der Waals surface area contributed by atoms with Crippen LogP contribution in [0.3, 0.4) is 0 Å². The van der Waals surface area contributed by atoms with Crippen LogP contribution in [0, 0.1) is 0 Å². The smallest absolute Gasteiger partial charge is 0.265 e. The van der Waals surface area contributed by atoms with E-state index in [0.717, 1.165) is 16.6 Å². The lowest BCUT2D eigenvalue weighted by Crippen LogP contribution is -2.55. The monoisotopic (exact) mass is 341 g/mol. The SMILES string of the molecule is CCN1C(=O)C(=Cc2cc3ccccc3n2C)C(=O)N(CC)C1=S. The Kier molecular flexibility index (Phi) is 4.24. The Labute approximate surface area is 146 Å². The zero-order chi connectivity index (χ0) is 17.4. The summed E-state index contributed by atoms with van der Waals surface area (Å²) >= 11 is 5.27. The minimum atomic E-state index is -0.331. The summed E-state index contributed by atoms with van der Waals surface area (Å²) in [5.41, 5.74) is 2.02. The van der Waals surface area contributed by atoms with Crippen molar-refractivity contribution in [1.29, 1.82) is 0 Å². The van der Waals surface area contributed by atoms with Crippen LogP contribution in [0.25, 0.3) is 17.0 Å². The average molecular weight is 341 g/mol. The van der Waals surface area contributed by atoms with Crippen molar-refractivity contribution in [2.45, 2.75) is 13.8 Å². The molecule has 0 spiro atoms. The number of aryl methyl sites for hydroxylation is 1. The van der Waals surface area contributed by atoms with E-state index in [1.165, 1.54) is 9.80 Å². The Morgan fingerprint density at radius 3 is 2.17 bits per heavy atom. The van der Waals surface area contributed by atoms with Gasteiger partial charge in [0.1, 0.15) is 5.57 Å². The minimum absolute atomic E-state index is 0.151. The van der Waals surface area contributed by atoms with Gasteiger partial charge in [-0.2, -0.15) is 0 Å². The number of thiocarbonyl (C=S) groups is 1. The Hall–Kier alpha value is -2.47. The number of aromatic nitrogens is 1. The molecule has 1 aliphatic heterocycles. The van der Waals surface area contributed by atoms with E-state index in [9.17, 15) is 9.59 Å². The van der Waals surface area contributed by atoms with E-state index < -0.39 is 0 Å². The van der Waals surface area contributed by atoms with E-state index >= 15 is 0 Å². The first-order chi connectivity index (χ1) is 11.5. The third kappa shape index (κ3) is 2.43. The summed E-state index contributed by atoms with van der Waals surface area (Å²) in [4.78, 5) is 28.3. The van der Waals surface area contributed by atoms with E-state index in [0.29, 0.717) is 13.1 Å². The van der Waals surface area contributed by atoms with Crippen LogP contribution < -0.4 is 0 Å². The molecule has 3 rings (SSSR count). The second-order valence-corrected chi connectivity index (χ2v) is 5.99. The molecule has 124 valence electrons. The summed E-state index contributed by atoms with van der Waals surface area (Å²) in [6, 6.07) is 9.92. The quantitative estimate of drug-likeness (QED) is 0.490. The van der Waals surface area contributed by atoms with Crippen molar-refractivity contribution in [2.75, 3.05) is 13.1 Å². The van der Waals surface area contributed by atoms with Crippen LogP contribution in [0.4, 0.5) is 0 Å². The van der Waals surface area contributed by atoms with Crippen LogP contribution in [0.15, 0.2) is 35.9 Å². The number of carbonyl (C=O) groups is 2. The third-order valence-corrected chi connectivity index (χ3v) is 4.77. The zero-order valence-electron chi connectivity index (χ0n) is 13.9. The summed E-state index contributed by atoms with van der Waals surface area (Å²) in [7, 11) is 1.92. The van der Waals surface area contributed by atoms with Crippen molar-refractivity contribution >= 4 is 46.1 Å². The molecule has 0 unspecified atom stereocenters. The maximum atomic E-state index is 12.7. The molecule has 1 aromatic heterocycles. The number of likely N-dealkylation sites (N-methyl/N-ethyl adjacent to an activating group) is 2. The highest BCUT2D eigenvalue weighted by molar-refractivity contribution is 7.80. The number of hydrogen-bond donors (Lipinski definition) is 0. The van der Waals surface area contributed by atoms with E-state index in [1.807, 2.05) is 55.8 Å². The summed E-state index contributed by atoms with van der Waals surface area (Å²) in [5.74, 6) is -0.662. The van der Waals surface area contributed by atoms with E-state index in [1.54, 1.807) is 6.08 Å². The minimum Gasteiger partial charge on any atom is -0.344 e. The molecule has 1 fully saturated rings. The van der Waals surface area contributed by atoms with Gasteiger partial charge in [-0.3, -0.25) is 19.4 Å². The number of nitrogens with zero attached hydrogens (tertiary/aromatic N) is 3. The fraction of sp³-hybridized carbons (Fsp3) is 0.278. The van der Waals surface area contributed by atoms with Crippen molar-refractivity contribution < 1.29 is 9.59 Å². The third-order valence-electron chi connectivity index (χ3n) is 4.33. The fourth-order valence-corrected chi connectivity index (χ4v) is 3.40. The predicted octanol–water partition coefficient (Wildman–Crippen LogP) is 2.56. The molecular formula is C18H19N3O2S. The standard InChI is InChI=1S/C18H19N3O2S/c1-4-20-16(22)14(17(23)21(5-2)18(20)24)11-13-10-12-8-6-7-9-15(12)19(13)3/h6-11H,4-5H2,1-3H3. The van der Waals surface area contributed by atoms with Crippen LogP contribution in [0.5, 0.6) is 0 Å². The first-order valence-electron chi connectivity index (χ1n) is 7.93. The molecule has 2 aromatic rings. The summed E-state index contributed by atoms with van der Waals surface area (Å²) in [6.07, 6.45) is 1.66. The van der Waals surface area contributed by atoms with E-state index in [2.05, 4.69) is 0 Å². The fourth-order valence-electron chi connectivity index (χ4n) is 2.98. The van der Waals surface area contributed by atoms with Gasteiger partial charge < -0.3 is 4.57 Å². The maximum absolute atomic E-state index is 12.7. The van der Waals surface area contributed by atoms with Gasteiger partial charge in [0.2, 0.25) is 0 Å². The Morgan fingerprint density at radius 2 is 1.62 bits per heavy atom. The highest BCUT2D eigenvalue weighted by atomic mass is 32.1. The number of benzene rings is 1. The summed E-state index contributed by atoms with van der Waals surface area (Å²) < 4.78 is 1.97. The van der Waals surface area contributed by atoms with Gasteiger partial charge in [0.25, 0.3) is 11.8 Å². The molecule has 2 heterocycles. The second-order valence-electron chi connectivity index (χ2n) is 5.63. The molecule has 24 heavy (non-hydrogen) atoms. The van der Waals surface area contributed by atoms with Crippen molar-refractivity contribution in [3.8, 4) is 0 Å². The molecule has 0 radical (unpaired) electrons. The molecule has 0 aliphatic carbocycles. The normalized spacial score (nSPS) is 15.6. The van der Waals surface area contributed by atoms with Gasteiger partial charge in [0.05, 0.1) is 0 Å². The van der Waals surface area contributed by atoms with E-state index in [-0.39, 0.29) is 22.5 Å². The Bertz CT molecular complexity index is 854. The van der Waals surface area contributed by atoms with Crippen molar-refractivity contribution in [2.24, 2.45) is 7.05 Å². The van der Waals surface area contributed by atoms with Crippen molar-refractivity contribution in [1.82, 2.24) is 14.4 Å². The molecule has 1 aliphatic rings. The lowest BCUT2D eigenvalue weighted by molar-refractivity contribution is -0.133. The summed E-state index contributed by atoms with van der Waals surface area (Å²) in [6.45, 7) is 4.58. The van der Waals surface area contributed by atoms with Gasteiger partial charge in [0, 0.05) is 36.7 Å². The van der Waals surface area contributed by atoms with Crippen LogP contribution in [-0.4, -0.2) is 44.4 Å². The highest BCUT2D eigenvalue weighted by Gasteiger charge is 2.37. The molecule has 0 atom stereocenters. The topological polar surface area (TPSA) is 45.6 Å². The predicted molar refractivity (Wildman–Crippen MR) is 98.3 cm³/mol. The van der Waals surface area contributed by atoms with Crippen molar-refractivity contribution in [3.63, 3.8) is 0 Å². The van der Waals surface area contributed by atoms with Crippen LogP contribution >= 0.6 is 12.2 Å². The lowest BCUT2D eigenvalue weighted by atomic mass is 10.1. The first kappa shape index (κ1) is 16.4. The summed E-state index contributed by atoms with van der Waals surface area (Å²) in [5, 5.41) is 1.35. The second kappa shape index (κ2) is 6.20. The Morgan fingerprint density at radius 1 is 1.04 bits per heavy atom. The van der Waals surface area contributed by atoms with Gasteiger partial charge in [-0.1, -0.05) is 18.2 Å². The molecule has 5 nitrogen and oxygen atoms in total. The van der Waals surface area contributed by atoms with E-state index in [4.69, 9.17) is 12.2 Å². The molecule has 0 bridgehead atoms. The number of amides is 2. The molecule has 0 N–H and O–H groups in total. The number of carbonyl (C=O) groups excluding carboxylic acids is 2.